The molecule has 9 heteroatoms. The van der Waals surface area contributed by atoms with Gasteiger partial charge in [0.2, 0.25) is 15.9 Å². The number of carbonyl (C=O) groups excluding carboxylic acids is 1. The molecule has 0 radical (unpaired) electrons. The molecule has 0 fully saturated rings. The quantitative estimate of drug-likeness (QED) is 0.509. The number of hydrogen-bond donors (Lipinski definition) is 2. The van der Waals surface area contributed by atoms with Gasteiger partial charge in [-0.25, -0.2) is 13.1 Å². The number of aryl methyl sites for hydroxylation is 1. The van der Waals surface area contributed by atoms with Crippen LogP contribution in [0.15, 0.2) is 68.9 Å². The molecule has 7 nitrogen and oxygen atoms in total. The molecule has 1 heterocycles. The number of pyridine rings is 1. The van der Waals surface area contributed by atoms with Gasteiger partial charge in [0, 0.05) is 35.2 Å². The van der Waals surface area contributed by atoms with E-state index in [1.54, 1.807) is 41.1 Å². The van der Waals surface area contributed by atoms with Crippen LogP contribution in [0.4, 0.5) is 0 Å². The minimum atomic E-state index is -3.62. The lowest BCUT2D eigenvalue weighted by atomic mass is 10.2. The predicted molar refractivity (Wildman–Crippen MR) is 115 cm³/mol. The van der Waals surface area contributed by atoms with E-state index in [0.717, 1.165) is 10.0 Å². The number of sulfonamides is 1. The number of rotatable bonds is 7. The Morgan fingerprint density at radius 2 is 1.79 bits per heavy atom. The van der Waals surface area contributed by atoms with Crippen LogP contribution >= 0.6 is 15.9 Å². The van der Waals surface area contributed by atoms with Gasteiger partial charge in [-0.2, -0.15) is 0 Å². The number of hydrogen-bond acceptors (Lipinski definition) is 4. The average molecular weight is 478 g/mol. The fraction of sp³-hybridized carbons (Fsp3) is 0.200. The molecule has 0 unspecified atom stereocenters. The van der Waals surface area contributed by atoms with Gasteiger partial charge in [0.1, 0.15) is 6.54 Å². The van der Waals surface area contributed by atoms with Gasteiger partial charge < -0.3 is 9.88 Å². The Morgan fingerprint density at radius 1 is 1.07 bits per heavy atom. The molecule has 1 aromatic heterocycles. The summed E-state index contributed by atoms with van der Waals surface area (Å²) in [6.45, 7) is 2.11. The van der Waals surface area contributed by atoms with Gasteiger partial charge in [0.25, 0.3) is 0 Å². The maximum absolute atomic E-state index is 12.2. The monoisotopic (exact) mass is 477 g/mol. The summed E-state index contributed by atoms with van der Waals surface area (Å²) in [7, 11) is -3.62. The second kappa shape index (κ2) is 8.89. The Kier molecular flexibility index (Phi) is 6.51. The summed E-state index contributed by atoms with van der Waals surface area (Å²) in [5, 5.41) is 3.20. The van der Waals surface area contributed by atoms with Crippen molar-refractivity contribution in [2.45, 2.75) is 18.4 Å². The van der Waals surface area contributed by atoms with Gasteiger partial charge in [-0.3, -0.25) is 9.59 Å². The second-order valence-corrected chi connectivity index (χ2v) is 9.21. The smallest absolute Gasteiger partial charge is 0.240 e. The Morgan fingerprint density at radius 3 is 2.52 bits per heavy atom. The predicted octanol–water partition coefficient (Wildman–Crippen LogP) is 2.17. The van der Waals surface area contributed by atoms with Crippen LogP contribution in [-0.2, 0) is 21.4 Å². The Balaban J connectivity index is 1.57. The first-order valence-corrected chi connectivity index (χ1v) is 11.2. The van der Waals surface area contributed by atoms with Crippen molar-refractivity contribution in [2.24, 2.45) is 0 Å². The molecule has 0 saturated carbocycles. The molecule has 3 rings (SSSR count). The van der Waals surface area contributed by atoms with Crippen LogP contribution in [0.1, 0.15) is 5.56 Å². The van der Waals surface area contributed by atoms with Gasteiger partial charge in [0.15, 0.2) is 5.43 Å². The highest BCUT2D eigenvalue weighted by atomic mass is 79.9. The topological polar surface area (TPSA) is 97.3 Å². The molecule has 2 aromatic carbocycles. The molecule has 0 atom stereocenters. The highest BCUT2D eigenvalue weighted by molar-refractivity contribution is 9.10. The molecule has 0 aliphatic heterocycles. The third-order valence-corrected chi connectivity index (χ3v) is 6.29. The molecule has 0 saturated heterocycles. The fourth-order valence-electron chi connectivity index (χ4n) is 2.82. The van der Waals surface area contributed by atoms with Crippen molar-refractivity contribution in [3.63, 3.8) is 0 Å². The van der Waals surface area contributed by atoms with Crippen molar-refractivity contribution >= 4 is 42.8 Å². The van der Waals surface area contributed by atoms with E-state index < -0.39 is 10.0 Å². The van der Waals surface area contributed by atoms with Gasteiger partial charge in [-0.05, 0) is 37.3 Å². The highest BCUT2D eigenvalue weighted by Gasteiger charge is 2.13. The standard InChI is InChI=1S/C20H20BrN3O4S/c1-14-2-5-16(6-3-14)29(27,28)23-10-9-22-20(26)13-24-11-8-19(25)17-12-15(21)4-7-18(17)24/h2-8,11-12,23H,9-10,13H2,1H3,(H,22,26). The molecule has 29 heavy (non-hydrogen) atoms. The van der Waals surface area contributed by atoms with Crippen LogP contribution < -0.4 is 15.5 Å². The lowest BCUT2D eigenvalue weighted by Crippen LogP contribution is -2.36. The largest absolute Gasteiger partial charge is 0.353 e. The van der Waals surface area contributed by atoms with Crippen LogP contribution in [0.3, 0.4) is 0 Å². The van der Waals surface area contributed by atoms with E-state index in [1.807, 2.05) is 6.92 Å². The molecular formula is C20H20BrN3O4S. The molecule has 0 aliphatic carbocycles. The van der Waals surface area contributed by atoms with E-state index in [1.165, 1.54) is 18.2 Å². The number of amides is 1. The van der Waals surface area contributed by atoms with E-state index in [-0.39, 0.29) is 35.9 Å². The van der Waals surface area contributed by atoms with E-state index in [2.05, 4.69) is 26.0 Å². The summed E-state index contributed by atoms with van der Waals surface area (Å²) in [5.41, 5.74) is 1.50. The van der Waals surface area contributed by atoms with Crippen molar-refractivity contribution in [3.8, 4) is 0 Å². The molecule has 3 aromatic rings. The zero-order valence-corrected chi connectivity index (χ0v) is 18.1. The molecule has 0 bridgehead atoms. The second-order valence-electron chi connectivity index (χ2n) is 6.53. The van der Waals surface area contributed by atoms with Gasteiger partial charge in [-0.1, -0.05) is 33.6 Å². The first kappa shape index (κ1) is 21.2. The molecule has 0 aliphatic rings. The Bertz CT molecular complexity index is 1200. The third-order valence-electron chi connectivity index (χ3n) is 4.32. The molecular weight excluding hydrogens is 458 g/mol. The number of carbonyl (C=O) groups is 1. The molecule has 0 spiro atoms. The zero-order chi connectivity index (χ0) is 21.0. The summed E-state index contributed by atoms with van der Waals surface area (Å²) in [6, 6.07) is 13.2. The van der Waals surface area contributed by atoms with E-state index in [0.29, 0.717) is 10.9 Å². The van der Waals surface area contributed by atoms with Crippen LogP contribution in [-0.4, -0.2) is 32.0 Å². The lowest BCUT2D eigenvalue weighted by Gasteiger charge is -2.12. The number of benzene rings is 2. The van der Waals surface area contributed by atoms with Crippen LogP contribution in [0.2, 0.25) is 0 Å². The van der Waals surface area contributed by atoms with Gasteiger partial charge in [-0.15, -0.1) is 0 Å². The number of fused-ring (bicyclic) bond motifs is 1. The maximum Gasteiger partial charge on any atom is 0.240 e. The number of nitrogens with zero attached hydrogens (tertiary/aromatic N) is 1. The highest BCUT2D eigenvalue weighted by Crippen LogP contribution is 2.17. The molecule has 2 N–H and O–H groups in total. The number of halogens is 1. The zero-order valence-electron chi connectivity index (χ0n) is 15.7. The summed E-state index contributed by atoms with van der Waals surface area (Å²) in [6.07, 6.45) is 1.57. The van der Waals surface area contributed by atoms with Gasteiger partial charge in [0.05, 0.1) is 10.4 Å². The molecule has 1 amide bonds. The van der Waals surface area contributed by atoms with Crippen LogP contribution in [0.25, 0.3) is 10.9 Å². The van der Waals surface area contributed by atoms with Crippen molar-refractivity contribution in [1.29, 1.82) is 0 Å². The minimum absolute atomic E-state index is 0.0170. The summed E-state index contributed by atoms with van der Waals surface area (Å²) >= 11 is 3.34. The van der Waals surface area contributed by atoms with E-state index in [4.69, 9.17) is 0 Å². The minimum Gasteiger partial charge on any atom is -0.353 e. The summed E-state index contributed by atoms with van der Waals surface area (Å²) in [4.78, 5) is 24.4. The SMILES string of the molecule is Cc1ccc(S(=O)(=O)NCCNC(=O)Cn2ccc(=O)c3cc(Br)ccc32)cc1. The Labute approximate surface area is 176 Å². The van der Waals surface area contributed by atoms with Crippen molar-refractivity contribution in [1.82, 2.24) is 14.6 Å². The van der Waals surface area contributed by atoms with Crippen molar-refractivity contribution in [2.75, 3.05) is 13.1 Å². The first-order chi connectivity index (χ1) is 13.8. The summed E-state index contributed by atoms with van der Waals surface area (Å²) in [5.74, 6) is -0.285. The molecule has 152 valence electrons. The normalized spacial score (nSPS) is 11.5. The van der Waals surface area contributed by atoms with Crippen LogP contribution in [0, 0.1) is 6.92 Å². The first-order valence-electron chi connectivity index (χ1n) is 8.88. The van der Waals surface area contributed by atoms with Crippen LogP contribution in [0.5, 0.6) is 0 Å². The van der Waals surface area contributed by atoms with Crippen molar-refractivity contribution < 1.29 is 13.2 Å². The lowest BCUT2D eigenvalue weighted by molar-refractivity contribution is -0.121. The Hall–Kier alpha value is -2.49. The van der Waals surface area contributed by atoms with E-state index >= 15 is 0 Å². The third kappa shape index (κ3) is 5.31. The fourth-order valence-corrected chi connectivity index (χ4v) is 4.21. The number of aromatic nitrogens is 1. The average Bonchev–Trinajstić information content (AvgIpc) is 2.68. The summed E-state index contributed by atoms with van der Waals surface area (Å²) < 4.78 is 29.4. The number of nitrogens with one attached hydrogen (secondary N) is 2. The van der Waals surface area contributed by atoms with E-state index in [9.17, 15) is 18.0 Å². The maximum atomic E-state index is 12.2. The van der Waals surface area contributed by atoms with Gasteiger partial charge >= 0.3 is 0 Å². The van der Waals surface area contributed by atoms with Crippen molar-refractivity contribution in [3.05, 3.63) is 75.0 Å².